The van der Waals surface area contributed by atoms with Crippen molar-refractivity contribution in [1.29, 1.82) is 0 Å². The third kappa shape index (κ3) is 5.18. The van der Waals surface area contributed by atoms with Gasteiger partial charge in [0.25, 0.3) is 0 Å². The molecule has 0 amide bonds. The van der Waals surface area contributed by atoms with Gasteiger partial charge in [-0.25, -0.2) is 4.98 Å². The van der Waals surface area contributed by atoms with Crippen LogP contribution < -0.4 is 0 Å². The van der Waals surface area contributed by atoms with Crippen molar-refractivity contribution in [3.8, 4) is 55.9 Å². The molecule has 2 aromatic heterocycles. The number of para-hydroxylation sites is 1. The van der Waals surface area contributed by atoms with Crippen molar-refractivity contribution in [1.82, 2.24) is 9.97 Å². The van der Waals surface area contributed by atoms with Gasteiger partial charge in [0.15, 0.2) is 0 Å². The molecule has 0 spiro atoms. The van der Waals surface area contributed by atoms with Gasteiger partial charge in [-0.2, -0.15) is 0 Å². The second-order valence-electron chi connectivity index (χ2n) is 14.8. The van der Waals surface area contributed by atoms with E-state index in [0.717, 1.165) is 33.4 Å². The molecule has 0 atom stereocenters. The average Bonchev–Trinajstić information content (AvgIpc) is 3.61. The topological polar surface area (TPSA) is 25.8 Å². The minimum Gasteiger partial charge on any atom is -0.255 e. The molecular formula is C55H36N2. The fourth-order valence-electron chi connectivity index (χ4n) is 9.39. The van der Waals surface area contributed by atoms with Crippen LogP contribution in [0, 0.1) is 0 Å². The Kier molecular flexibility index (Phi) is 7.75. The van der Waals surface area contributed by atoms with Crippen LogP contribution in [0.2, 0.25) is 0 Å². The zero-order valence-electron chi connectivity index (χ0n) is 31.2. The molecule has 1 aliphatic carbocycles. The summed E-state index contributed by atoms with van der Waals surface area (Å²) in [4.78, 5) is 9.58. The molecule has 0 bridgehead atoms. The Morgan fingerprint density at radius 3 is 1.61 bits per heavy atom. The highest BCUT2D eigenvalue weighted by atomic mass is 14.8. The van der Waals surface area contributed by atoms with Gasteiger partial charge in [0.05, 0.1) is 22.3 Å². The number of pyridine rings is 2. The van der Waals surface area contributed by atoms with Crippen molar-refractivity contribution >= 4 is 21.7 Å². The number of hydrogen-bond acceptors (Lipinski definition) is 2. The van der Waals surface area contributed by atoms with Gasteiger partial charge in [-0.1, -0.05) is 188 Å². The summed E-state index contributed by atoms with van der Waals surface area (Å²) in [5.74, 6) is 0. The Balaban J connectivity index is 1.06. The summed E-state index contributed by atoms with van der Waals surface area (Å²) in [6.07, 6.45) is 1.82. The van der Waals surface area contributed by atoms with Crippen molar-refractivity contribution in [3.05, 3.63) is 241 Å². The Labute approximate surface area is 332 Å². The number of rotatable bonds is 6. The van der Waals surface area contributed by atoms with Crippen LogP contribution in [-0.2, 0) is 5.41 Å². The SMILES string of the molecule is c1ccc(C2(c3ccccc3)c3ccccc3-c3c(-c4ccc(-c5ccc(-c6cc(-c7ccccn7)nc7ccccc67)cc5)c5ccccc45)cccc32)cc1. The first-order valence-electron chi connectivity index (χ1n) is 19.6. The third-order valence-corrected chi connectivity index (χ3v) is 11.8. The quantitative estimate of drug-likeness (QED) is 0.171. The number of hydrogen-bond donors (Lipinski definition) is 0. The third-order valence-electron chi connectivity index (χ3n) is 11.8. The summed E-state index contributed by atoms with van der Waals surface area (Å²) in [7, 11) is 0. The van der Waals surface area contributed by atoms with E-state index in [0.29, 0.717) is 0 Å². The van der Waals surface area contributed by atoms with Gasteiger partial charge < -0.3 is 0 Å². The smallest absolute Gasteiger partial charge is 0.0900 e. The van der Waals surface area contributed by atoms with Crippen LogP contribution in [0.25, 0.3) is 77.6 Å². The predicted octanol–water partition coefficient (Wildman–Crippen LogP) is 13.8. The zero-order chi connectivity index (χ0) is 37.8. The highest BCUT2D eigenvalue weighted by Crippen LogP contribution is 2.58. The van der Waals surface area contributed by atoms with Gasteiger partial charge in [0.1, 0.15) is 0 Å². The fourth-order valence-corrected chi connectivity index (χ4v) is 9.39. The molecule has 0 aliphatic heterocycles. The van der Waals surface area contributed by atoms with Crippen LogP contribution in [-0.4, -0.2) is 9.97 Å². The maximum absolute atomic E-state index is 4.97. The molecule has 57 heavy (non-hydrogen) atoms. The molecule has 2 nitrogen and oxygen atoms in total. The van der Waals surface area contributed by atoms with Crippen LogP contribution in [0.5, 0.6) is 0 Å². The van der Waals surface area contributed by atoms with E-state index in [1.807, 2.05) is 30.5 Å². The number of fused-ring (bicyclic) bond motifs is 5. The maximum atomic E-state index is 4.97. The molecule has 266 valence electrons. The summed E-state index contributed by atoms with van der Waals surface area (Å²) in [6.45, 7) is 0. The van der Waals surface area contributed by atoms with Crippen molar-refractivity contribution in [3.63, 3.8) is 0 Å². The second-order valence-corrected chi connectivity index (χ2v) is 14.8. The summed E-state index contributed by atoms with van der Waals surface area (Å²) < 4.78 is 0. The first-order chi connectivity index (χ1) is 28.3. The van der Waals surface area contributed by atoms with E-state index in [9.17, 15) is 0 Å². The normalized spacial score (nSPS) is 12.7. The molecule has 8 aromatic carbocycles. The second kappa shape index (κ2) is 13.4. The molecule has 10 aromatic rings. The van der Waals surface area contributed by atoms with Gasteiger partial charge in [0, 0.05) is 11.6 Å². The van der Waals surface area contributed by atoms with Crippen LogP contribution in [0.4, 0.5) is 0 Å². The average molecular weight is 725 g/mol. The van der Waals surface area contributed by atoms with E-state index >= 15 is 0 Å². The number of nitrogens with zero attached hydrogens (tertiary/aromatic N) is 2. The van der Waals surface area contributed by atoms with Gasteiger partial charge in [-0.15, -0.1) is 0 Å². The summed E-state index contributed by atoms with van der Waals surface area (Å²) in [5, 5.41) is 3.60. The molecule has 0 radical (unpaired) electrons. The Morgan fingerprint density at radius 2 is 0.895 bits per heavy atom. The van der Waals surface area contributed by atoms with Crippen LogP contribution >= 0.6 is 0 Å². The number of benzene rings is 8. The van der Waals surface area contributed by atoms with Crippen LogP contribution in [0.3, 0.4) is 0 Å². The lowest BCUT2D eigenvalue weighted by Crippen LogP contribution is -2.28. The highest BCUT2D eigenvalue weighted by molar-refractivity contribution is 6.08. The largest absolute Gasteiger partial charge is 0.255 e. The van der Waals surface area contributed by atoms with E-state index in [-0.39, 0.29) is 0 Å². The molecule has 1 aliphatic rings. The van der Waals surface area contributed by atoms with E-state index in [1.165, 1.54) is 66.4 Å². The van der Waals surface area contributed by atoms with E-state index in [1.54, 1.807) is 0 Å². The van der Waals surface area contributed by atoms with Crippen LogP contribution in [0.1, 0.15) is 22.3 Å². The highest BCUT2D eigenvalue weighted by Gasteiger charge is 2.46. The predicted molar refractivity (Wildman–Crippen MR) is 236 cm³/mol. The lowest BCUT2D eigenvalue weighted by Gasteiger charge is -2.34. The molecular weight excluding hydrogens is 689 g/mol. The summed E-state index contributed by atoms with van der Waals surface area (Å²) in [6, 6.07) is 77.1. The van der Waals surface area contributed by atoms with Gasteiger partial charge in [-0.3, -0.25) is 4.98 Å². The fraction of sp³-hybridized carbons (Fsp3) is 0.0182. The maximum Gasteiger partial charge on any atom is 0.0900 e. The van der Waals surface area contributed by atoms with Crippen molar-refractivity contribution in [2.45, 2.75) is 5.41 Å². The van der Waals surface area contributed by atoms with Crippen LogP contribution in [0.15, 0.2) is 219 Å². The molecule has 2 heterocycles. The molecule has 0 fully saturated rings. The van der Waals surface area contributed by atoms with Gasteiger partial charge in [0.2, 0.25) is 0 Å². The minimum absolute atomic E-state index is 0.444. The first kappa shape index (κ1) is 33.0. The Morgan fingerprint density at radius 1 is 0.333 bits per heavy atom. The summed E-state index contributed by atoms with van der Waals surface area (Å²) >= 11 is 0. The van der Waals surface area contributed by atoms with Crippen molar-refractivity contribution in [2.24, 2.45) is 0 Å². The molecule has 0 saturated carbocycles. The summed E-state index contributed by atoms with van der Waals surface area (Å²) in [5.41, 5.74) is 17.2. The van der Waals surface area contributed by atoms with Gasteiger partial charge >= 0.3 is 0 Å². The molecule has 0 unspecified atom stereocenters. The van der Waals surface area contributed by atoms with Crippen molar-refractivity contribution in [2.75, 3.05) is 0 Å². The Bertz CT molecular complexity index is 3060. The zero-order valence-corrected chi connectivity index (χ0v) is 31.2. The van der Waals surface area contributed by atoms with Gasteiger partial charge in [-0.05, 0) is 102 Å². The van der Waals surface area contributed by atoms with E-state index in [2.05, 4.69) is 193 Å². The Hall–Kier alpha value is -7.42. The molecule has 11 rings (SSSR count). The van der Waals surface area contributed by atoms with Crippen molar-refractivity contribution < 1.29 is 0 Å². The van der Waals surface area contributed by atoms with E-state index < -0.39 is 5.41 Å². The lowest BCUT2D eigenvalue weighted by molar-refractivity contribution is 0.768. The van der Waals surface area contributed by atoms with E-state index in [4.69, 9.17) is 4.98 Å². The minimum atomic E-state index is -0.444. The first-order valence-corrected chi connectivity index (χ1v) is 19.6. The molecule has 0 N–H and O–H groups in total. The molecule has 2 heteroatoms. The molecule has 0 saturated heterocycles. The lowest BCUT2D eigenvalue weighted by atomic mass is 9.67. The standard InChI is InChI=1S/C55H36N2/c1-3-16-39(17-4-1)55(40-18-5-2-6-19-40)49-25-11-9-23-47(49)54-46(24-15-26-50(54)55)44-34-33-41(42-20-7-8-21-43(42)44)37-29-31-38(32-30-37)48-36-53(52-28-13-14-35-56-52)57-51-27-12-10-22-45(48)51/h1-36H. The number of aromatic nitrogens is 2. The monoisotopic (exact) mass is 724 g/mol.